The van der Waals surface area contributed by atoms with Gasteiger partial charge in [0.25, 0.3) is 5.56 Å². The largest absolute Gasteiger partial charge is 0.490 e. The summed E-state index contributed by atoms with van der Waals surface area (Å²) in [4.78, 5) is 20.9. The van der Waals surface area contributed by atoms with Crippen molar-refractivity contribution in [2.45, 2.75) is 41.9 Å². The molecule has 0 saturated carbocycles. The van der Waals surface area contributed by atoms with E-state index in [2.05, 4.69) is 20.2 Å². The van der Waals surface area contributed by atoms with Gasteiger partial charge in [-0.3, -0.25) is 9.69 Å². The lowest BCUT2D eigenvalue weighted by Gasteiger charge is -2.42. The second-order valence-corrected chi connectivity index (χ2v) is 8.32. The van der Waals surface area contributed by atoms with Gasteiger partial charge in [0.05, 0.1) is 11.9 Å². The molecule has 1 unspecified atom stereocenters. The number of alkyl halides is 3. The third-order valence-corrected chi connectivity index (χ3v) is 6.33. The first-order chi connectivity index (χ1) is 13.3. The lowest BCUT2D eigenvalue weighted by molar-refractivity contribution is -0.139. The van der Waals surface area contributed by atoms with Crippen LogP contribution in [0.2, 0.25) is 0 Å². The van der Waals surface area contributed by atoms with E-state index in [-0.39, 0.29) is 17.4 Å². The minimum absolute atomic E-state index is 0.129. The fourth-order valence-corrected chi connectivity index (χ4v) is 4.75. The molecule has 1 aromatic heterocycles. The van der Waals surface area contributed by atoms with Crippen molar-refractivity contribution in [3.05, 3.63) is 46.5 Å². The zero-order valence-electron chi connectivity index (χ0n) is 15.0. The maximum absolute atomic E-state index is 13.1. The molecular weight excluding hydrogens is 393 g/mol. The summed E-state index contributed by atoms with van der Waals surface area (Å²) >= 11 is 1.40. The molecule has 0 radical (unpaired) electrons. The Hall–Kier alpha value is -2.20. The van der Waals surface area contributed by atoms with Crippen molar-refractivity contribution in [1.82, 2.24) is 14.9 Å². The molecule has 150 valence electrons. The molecule has 2 N–H and O–H groups in total. The number of aromatic amines is 1. The van der Waals surface area contributed by atoms with E-state index in [1.54, 1.807) is 6.07 Å². The minimum atomic E-state index is -4.44. The first-order valence-corrected chi connectivity index (χ1v) is 9.71. The van der Waals surface area contributed by atoms with Gasteiger partial charge in [-0.1, -0.05) is 23.9 Å². The maximum atomic E-state index is 13.1. The van der Waals surface area contributed by atoms with Gasteiger partial charge in [-0.15, -0.1) is 0 Å². The first kappa shape index (κ1) is 19.1. The molecule has 0 amide bonds. The molecule has 1 fully saturated rings. The first-order valence-electron chi connectivity index (χ1n) is 8.89. The number of aromatic nitrogens is 2. The number of nitrogens with zero attached hydrogens (tertiary/aromatic N) is 2. The van der Waals surface area contributed by atoms with E-state index in [0.29, 0.717) is 36.6 Å². The van der Waals surface area contributed by atoms with Crippen LogP contribution in [0.1, 0.15) is 25.3 Å². The number of piperidine rings is 1. The normalized spacial score (nSPS) is 23.3. The molecule has 2 aliphatic rings. The molecule has 2 aromatic rings. The predicted molar refractivity (Wildman–Crippen MR) is 99.4 cm³/mol. The van der Waals surface area contributed by atoms with Gasteiger partial charge in [-0.05, 0) is 31.9 Å². The van der Waals surface area contributed by atoms with Crippen LogP contribution >= 0.6 is 11.8 Å². The molecule has 3 heterocycles. The number of H-pyrrole nitrogens is 1. The van der Waals surface area contributed by atoms with Crippen LogP contribution in [0.25, 0.3) is 0 Å². The summed E-state index contributed by atoms with van der Waals surface area (Å²) in [6.07, 6.45) is -2.20. The van der Waals surface area contributed by atoms with E-state index in [4.69, 9.17) is 4.74 Å². The lowest BCUT2D eigenvalue weighted by Crippen LogP contribution is -2.52. The van der Waals surface area contributed by atoms with Gasteiger partial charge in [-0.2, -0.15) is 13.2 Å². The zero-order chi connectivity index (χ0) is 19.9. The van der Waals surface area contributed by atoms with Gasteiger partial charge < -0.3 is 15.0 Å². The number of hydrogen-bond acceptors (Lipinski definition) is 6. The van der Waals surface area contributed by atoms with Crippen molar-refractivity contribution in [2.75, 3.05) is 18.4 Å². The van der Waals surface area contributed by atoms with Crippen LogP contribution in [0.5, 0.6) is 5.75 Å². The van der Waals surface area contributed by atoms with Gasteiger partial charge in [0.1, 0.15) is 27.6 Å². The molecule has 1 atom stereocenters. The van der Waals surface area contributed by atoms with Gasteiger partial charge in [-0.25, -0.2) is 4.98 Å². The smallest absolute Gasteiger partial charge is 0.419 e. The van der Waals surface area contributed by atoms with Crippen LogP contribution < -0.4 is 15.6 Å². The lowest BCUT2D eigenvalue weighted by atomic mass is 10.1. The average Bonchev–Trinajstić information content (AvgIpc) is 3.01. The van der Waals surface area contributed by atoms with Gasteiger partial charge >= 0.3 is 6.18 Å². The Balaban J connectivity index is 1.41. The third-order valence-electron chi connectivity index (χ3n) is 4.99. The summed E-state index contributed by atoms with van der Waals surface area (Å²) in [5.74, 6) is 0.421. The summed E-state index contributed by atoms with van der Waals surface area (Å²) in [6.45, 7) is 3.22. The molecule has 1 saturated heterocycles. The van der Waals surface area contributed by atoms with Crippen molar-refractivity contribution in [3.8, 4) is 5.75 Å². The number of benzene rings is 1. The molecule has 28 heavy (non-hydrogen) atoms. The monoisotopic (exact) mass is 412 g/mol. The predicted octanol–water partition coefficient (Wildman–Crippen LogP) is 3.52. The number of hydrogen-bond donors (Lipinski definition) is 2. The number of anilines is 1. The van der Waals surface area contributed by atoms with E-state index < -0.39 is 16.7 Å². The maximum Gasteiger partial charge on any atom is 0.419 e. The number of likely N-dealkylation sites (tertiary alicyclic amines) is 1. The van der Waals surface area contributed by atoms with Crippen molar-refractivity contribution in [3.63, 3.8) is 0 Å². The molecule has 10 heteroatoms. The number of nitrogens with one attached hydrogen (secondary N) is 2. The number of thioether (sulfide) groups is 1. The third kappa shape index (κ3) is 3.58. The highest BCUT2D eigenvalue weighted by atomic mass is 32.2. The van der Waals surface area contributed by atoms with Crippen molar-refractivity contribution >= 4 is 17.6 Å². The number of rotatable bonds is 3. The quantitative estimate of drug-likeness (QED) is 0.804. The Bertz CT molecular complexity index is 928. The Morgan fingerprint density at radius 3 is 2.68 bits per heavy atom. The van der Waals surface area contributed by atoms with E-state index in [1.165, 1.54) is 30.2 Å². The highest BCUT2D eigenvalue weighted by molar-refractivity contribution is 8.01. The second-order valence-electron chi connectivity index (χ2n) is 6.92. The van der Waals surface area contributed by atoms with Crippen molar-refractivity contribution < 1.29 is 17.9 Å². The number of halogens is 3. The fourth-order valence-electron chi connectivity index (χ4n) is 3.54. The Kier molecular flexibility index (Phi) is 4.78. The molecule has 6 nitrogen and oxygen atoms in total. The Morgan fingerprint density at radius 2 is 2.00 bits per heavy atom. The number of ether oxygens (including phenoxy) is 1. The summed E-state index contributed by atoms with van der Waals surface area (Å²) < 4.78 is 45.1. The molecular formula is C18H19F3N4O2S. The summed E-state index contributed by atoms with van der Waals surface area (Å²) in [5.41, 5.74) is -0.939. The van der Waals surface area contributed by atoms with Gasteiger partial charge in [0.15, 0.2) is 0 Å². The Morgan fingerprint density at radius 1 is 1.29 bits per heavy atom. The topological polar surface area (TPSA) is 70.2 Å². The van der Waals surface area contributed by atoms with Crippen molar-refractivity contribution in [2.24, 2.45) is 0 Å². The van der Waals surface area contributed by atoms with Gasteiger partial charge in [0, 0.05) is 13.1 Å². The number of para-hydroxylation sites is 1. The highest BCUT2D eigenvalue weighted by Gasteiger charge is 2.43. The van der Waals surface area contributed by atoms with Crippen LogP contribution in [-0.4, -0.2) is 39.1 Å². The molecule has 0 spiro atoms. The van der Waals surface area contributed by atoms with Gasteiger partial charge in [0.2, 0.25) is 0 Å². The summed E-state index contributed by atoms with van der Waals surface area (Å²) in [5, 5.41) is 3.28. The Labute approximate surface area is 163 Å². The van der Waals surface area contributed by atoms with E-state index >= 15 is 0 Å². The van der Waals surface area contributed by atoms with E-state index in [1.807, 2.05) is 6.92 Å². The van der Waals surface area contributed by atoms with Crippen LogP contribution in [0.4, 0.5) is 19.0 Å². The van der Waals surface area contributed by atoms with Crippen LogP contribution in [-0.2, 0) is 6.18 Å². The molecule has 2 aliphatic heterocycles. The molecule has 0 aliphatic carbocycles. The SMILES string of the molecule is CC1(N2CCC(Oc3ccccc3C(F)(F)F)CC2)Nc2nc[nH]c(=O)c2S1. The molecule has 4 rings (SSSR count). The highest BCUT2D eigenvalue weighted by Crippen LogP contribution is 2.45. The van der Waals surface area contributed by atoms with E-state index in [0.717, 1.165) is 6.07 Å². The fraction of sp³-hybridized carbons (Fsp3) is 0.444. The summed E-state index contributed by atoms with van der Waals surface area (Å²) in [7, 11) is 0. The van der Waals surface area contributed by atoms with Crippen LogP contribution in [0, 0.1) is 0 Å². The van der Waals surface area contributed by atoms with E-state index in [9.17, 15) is 18.0 Å². The molecule has 0 bridgehead atoms. The molecule has 1 aromatic carbocycles. The summed E-state index contributed by atoms with van der Waals surface area (Å²) in [6, 6.07) is 5.29. The number of fused-ring (bicyclic) bond motifs is 1. The van der Waals surface area contributed by atoms with Crippen molar-refractivity contribution in [1.29, 1.82) is 0 Å². The second kappa shape index (κ2) is 7.00. The van der Waals surface area contributed by atoms with Crippen LogP contribution in [0.3, 0.4) is 0 Å². The zero-order valence-corrected chi connectivity index (χ0v) is 15.9. The standard InChI is InChI=1S/C18H19F3N4O2S/c1-17(24-15-14(28-17)16(26)23-10-22-15)25-8-6-11(7-9-25)27-13-5-3-2-4-12(13)18(19,20)21/h2-5,10-11H,6-9H2,1H3,(H2,22,23,24,26). The average molecular weight is 412 g/mol. The van der Waals surface area contributed by atoms with Crippen LogP contribution in [0.15, 0.2) is 40.3 Å². The minimum Gasteiger partial charge on any atom is -0.490 e.